The van der Waals surface area contributed by atoms with Crippen molar-refractivity contribution in [1.82, 2.24) is 9.55 Å². The van der Waals surface area contributed by atoms with Crippen LogP contribution < -0.4 is 11.2 Å². The summed E-state index contributed by atoms with van der Waals surface area (Å²) in [6.45, 7) is 1.85. The van der Waals surface area contributed by atoms with Crippen LogP contribution in [0.25, 0.3) is 0 Å². The first-order chi connectivity index (χ1) is 21.2. The lowest BCUT2D eigenvalue weighted by molar-refractivity contribution is -0.151. The van der Waals surface area contributed by atoms with E-state index in [1.807, 2.05) is 12.2 Å². The van der Waals surface area contributed by atoms with Crippen LogP contribution in [0.3, 0.4) is 0 Å². The number of aromatic amines is 1. The molecule has 1 aromatic heterocycles. The zero-order valence-electron chi connectivity index (χ0n) is 25.2. The highest BCUT2D eigenvalue weighted by atomic mass is 19.4. The van der Waals surface area contributed by atoms with Gasteiger partial charge in [0.15, 0.2) is 0 Å². The number of esters is 1. The summed E-state index contributed by atoms with van der Waals surface area (Å²) in [6.07, 6.45) is 23.9. The number of ether oxygens (including phenoxy) is 3. The molecule has 0 bridgehead atoms. The van der Waals surface area contributed by atoms with Gasteiger partial charge in [0.2, 0.25) is 0 Å². The van der Waals surface area contributed by atoms with Gasteiger partial charge in [-0.3, -0.25) is 19.1 Å². The van der Waals surface area contributed by atoms with Crippen LogP contribution in [-0.2, 0) is 25.2 Å². The number of hydrogen-bond acceptors (Lipinski definition) is 6. The highest BCUT2D eigenvalue weighted by Gasteiger charge is 2.40. The van der Waals surface area contributed by atoms with E-state index < -0.39 is 47.4 Å². The average Bonchev–Trinajstić information content (AvgIpc) is 3.38. The lowest BCUT2D eigenvalue weighted by atomic mass is 10.2. The van der Waals surface area contributed by atoms with Gasteiger partial charge < -0.3 is 14.2 Å². The molecule has 0 aliphatic carbocycles. The minimum absolute atomic E-state index is 0.0424. The largest absolute Gasteiger partial charge is 0.463 e. The molecule has 0 spiro atoms. The lowest BCUT2D eigenvalue weighted by Gasteiger charge is -2.18. The summed E-state index contributed by atoms with van der Waals surface area (Å²) in [5.74, 6) is 1.82. The van der Waals surface area contributed by atoms with Gasteiger partial charge in [-0.2, -0.15) is 13.2 Å². The number of aromatic nitrogens is 2. The van der Waals surface area contributed by atoms with Gasteiger partial charge in [0.25, 0.3) is 5.56 Å². The normalized spacial score (nSPS) is 19.1. The Morgan fingerprint density at radius 2 is 1.66 bits per heavy atom. The van der Waals surface area contributed by atoms with Crippen LogP contribution in [0.15, 0.2) is 64.4 Å². The Balaban J connectivity index is 1.71. The Labute approximate surface area is 256 Å². The van der Waals surface area contributed by atoms with Crippen LogP contribution in [0.4, 0.5) is 13.2 Å². The zero-order valence-corrected chi connectivity index (χ0v) is 25.2. The minimum atomic E-state index is -4.97. The van der Waals surface area contributed by atoms with Crippen molar-refractivity contribution in [3.8, 4) is 12.3 Å². The molecule has 2 rings (SSSR count). The van der Waals surface area contributed by atoms with E-state index in [2.05, 4.69) is 49.3 Å². The SMILES string of the molecule is C#CCO[C@H]1C[C@H](n2cc(C(F)(F)F)c(=O)[nH]c2=O)O[C@@H]1COC(=O)CCCC=CCC=CCC=CCC=CCCCCC. The second-order valence-corrected chi connectivity index (χ2v) is 10.3. The molecule has 242 valence electrons. The van der Waals surface area contributed by atoms with Crippen molar-refractivity contribution in [2.45, 2.75) is 102 Å². The number of nitrogens with zero attached hydrogens (tertiary/aromatic N) is 1. The number of rotatable bonds is 19. The van der Waals surface area contributed by atoms with Crippen molar-refractivity contribution in [2.24, 2.45) is 0 Å². The Morgan fingerprint density at radius 1 is 1.05 bits per heavy atom. The average molecular weight is 621 g/mol. The summed E-state index contributed by atoms with van der Waals surface area (Å²) in [6, 6.07) is 0. The van der Waals surface area contributed by atoms with Crippen molar-refractivity contribution < 1.29 is 32.2 Å². The Morgan fingerprint density at radius 3 is 2.25 bits per heavy atom. The van der Waals surface area contributed by atoms with Crippen LogP contribution >= 0.6 is 0 Å². The van der Waals surface area contributed by atoms with Crippen LogP contribution in [0, 0.1) is 12.3 Å². The topological polar surface area (TPSA) is 99.6 Å². The number of carbonyl (C=O) groups is 1. The lowest BCUT2D eigenvalue weighted by Crippen LogP contribution is -2.36. The molecule has 0 aromatic carbocycles. The van der Waals surface area contributed by atoms with Gasteiger partial charge in [0, 0.05) is 19.0 Å². The summed E-state index contributed by atoms with van der Waals surface area (Å²) >= 11 is 0. The monoisotopic (exact) mass is 620 g/mol. The van der Waals surface area contributed by atoms with Crippen molar-refractivity contribution in [1.29, 1.82) is 0 Å². The van der Waals surface area contributed by atoms with Gasteiger partial charge in [-0.05, 0) is 44.9 Å². The van der Waals surface area contributed by atoms with Crippen LogP contribution in [0.5, 0.6) is 0 Å². The molecule has 1 N–H and O–H groups in total. The molecule has 1 aliphatic heterocycles. The van der Waals surface area contributed by atoms with Crippen LogP contribution in [0.2, 0.25) is 0 Å². The summed E-state index contributed by atoms with van der Waals surface area (Å²) in [5.41, 5.74) is -4.16. The molecule has 1 saturated heterocycles. The molecule has 0 saturated carbocycles. The maximum atomic E-state index is 13.2. The number of hydrogen-bond donors (Lipinski definition) is 1. The van der Waals surface area contributed by atoms with Crippen molar-refractivity contribution in [3.05, 3.63) is 81.2 Å². The Hall–Kier alpha value is -3.62. The highest BCUT2D eigenvalue weighted by Crippen LogP contribution is 2.32. The number of allylic oxidation sites excluding steroid dienone is 8. The van der Waals surface area contributed by atoms with Gasteiger partial charge >= 0.3 is 17.8 Å². The first kappa shape index (κ1) is 36.6. The molecular weight excluding hydrogens is 577 g/mol. The number of alkyl halides is 3. The molecule has 0 amide bonds. The summed E-state index contributed by atoms with van der Waals surface area (Å²) < 4.78 is 56.8. The van der Waals surface area contributed by atoms with E-state index in [4.69, 9.17) is 20.6 Å². The molecule has 0 radical (unpaired) electrons. The van der Waals surface area contributed by atoms with E-state index in [0.29, 0.717) is 23.6 Å². The molecule has 1 aliphatic rings. The maximum Gasteiger partial charge on any atom is 0.423 e. The smallest absolute Gasteiger partial charge is 0.423 e. The van der Waals surface area contributed by atoms with E-state index >= 15 is 0 Å². The fourth-order valence-electron chi connectivity index (χ4n) is 4.43. The number of terminal acetylenes is 1. The molecule has 0 unspecified atom stereocenters. The number of halogens is 3. The van der Waals surface area contributed by atoms with Gasteiger partial charge in [0.1, 0.15) is 31.1 Å². The second-order valence-electron chi connectivity index (χ2n) is 10.3. The Kier molecular flexibility index (Phi) is 16.9. The van der Waals surface area contributed by atoms with Crippen molar-refractivity contribution >= 4 is 5.97 Å². The highest BCUT2D eigenvalue weighted by molar-refractivity contribution is 5.69. The minimum Gasteiger partial charge on any atom is -0.463 e. The molecular formula is C33H43F3N2O6. The fraction of sp³-hybridized carbons (Fsp3) is 0.545. The Bertz CT molecular complexity index is 1290. The van der Waals surface area contributed by atoms with E-state index in [0.717, 1.165) is 25.7 Å². The third-order valence-corrected chi connectivity index (χ3v) is 6.76. The number of carbonyl (C=O) groups excluding carboxylic acids is 1. The number of H-pyrrole nitrogens is 1. The van der Waals surface area contributed by atoms with E-state index in [1.165, 1.54) is 19.3 Å². The first-order valence-corrected chi connectivity index (χ1v) is 15.1. The molecule has 2 heterocycles. The van der Waals surface area contributed by atoms with E-state index in [1.54, 1.807) is 4.98 Å². The molecule has 3 atom stereocenters. The van der Waals surface area contributed by atoms with Crippen LogP contribution in [0.1, 0.15) is 89.3 Å². The zero-order chi connectivity index (χ0) is 32.2. The fourth-order valence-corrected chi connectivity index (χ4v) is 4.43. The molecule has 11 heteroatoms. The summed E-state index contributed by atoms with van der Waals surface area (Å²) in [4.78, 5) is 37.8. The predicted octanol–water partition coefficient (Wildman–Crippen LogP) is 6.55. The van der Waals surface area contributed by atoms with Crippen molar-refractivity contribution in [3.63, 3.8) is 0 Å². The molecule has 44 heavy (non-hydrogen) atoms. The standard InChI is InChI=1S/C33H43F3N2O6/c1-3-5-6-7-8-9-10-11-12-13-14-15-16-17-18-19-20-21-30(39)43-25-28-27(42-22-4-2)23-29(44-28)38-24-26(33(34,35)36)31(40)37-32(38)41/h2,8-9,11-12,14-15,17-18,24,27-29H,3,5-7,10,13,16,19-23,25H2,1H3,(H,37,40,41)/t27-,28+,29+/m0/s1. The van der Waals surface area contributed by atoms with Gasteiger partial charge in [0.05, 0.1) is 6.10 Å². The number of unbranched alkanes of at least 4 members (excludes halogenated alkanes) is 4. The maximum absolute atomic E-state index is 13.2. The van der Waals surface area contributed by atoms with E-state index in [-0.39, 0.29) is 26.1 Å². The summed E-state index contributed by atoms with van der Waals surface area (Å²) in [7, 11) is 0. The van der Waals surface area contributed by atoms with Gasteiger partial charge in [-0.1, -0.05) is 74.3 Å². The van der Waals surface area contributed by atoms with E-state index in [9.17, 15) is 27.6 Å². The van der Waals surface area contributed by atoms with Crippen LogP contribution in [-0.4, -0.2) is 40.9 Å². The molecule has 1 fully saturated rings. The third kappa shape index (κ3) is 13.8. The number of nitrogens with one attached hydrogen (secondary N) is 1. The second kappa shape index (κ2) is 20.4. The predicted molar refractivity (Wildman–Crippen MR) is 163 cm³/mol. The molecule has 8 nitrogen and oxygen atoms in total. The third-order valence-electron chi connectivity index (χ3n) is 6.76. The van der Waals surface area contributed by atoms with Gasteiger partial charge in [-0.25, -0.2) is 4.79 Å². The van der Waals surface area contributed by atoms with Crippen molar-refractivity contribution in [2.75, 3.05) is 13.2 Å². The quantitative estimate of drug-likeness (QED) is 0.0815. The summed E-state index contributed by atoms with van der Waals surface area (Å²) in [5, 5.41) is 0. The first-order valence-electron chi connectivity index (χ1n) is 15.1. The molecule has 1 aromatic rings. The van der Waals surface area contributed by atoms with Gasteiger partial charge in [-0.15, -0.1) is 6.42 Å².